The van der Waals surface area contributed by atoms with Gasteiger partial charge in [-0.15, -0.1) is 0 Å². The summed E-state index contributed by atoms with van der Waals surface area (Å²) in [5.74, 6) is 1.11. The van der Waals surface area contributed by atoms with Crippen LogP contribution < -0.4 is 15.8 Å². The Kier molecular flexibility index (Phi) is 7.18. The second-order valence-electron chi connectivity index (χ2n) is 9.66. The maximum Gasteiger partial charge on any atom is 0.260 e. The summed E-state index contributed by atoms with van der Waals surface area (Å²) in [5, 5.41) is 4.11. The molecule has 0 unspecified atom stereocenters. The number of likely N-dealkylation sites (N-methyl/N-ethyl adjacent to an activating group) is 1. The molecule has 0 amide bonds. The molecule has 36 heavy (non-hydrogen) atoms. The zero-order valence-electron chi connectivity index (χ0n) is 21.4. The van der Waals surface area contributed by atoms with Crippen LogP contribution in [0.15, 0.2) is 35.6 Å². The van der Waals surface area contributed by atoms with Gasteiger partial charge in [-0.05, 0) is 57.5 Å². The van der Waals surface area contributed by atoms with Crippen LogP contribution in [0, 0.1) is 6.92 Å². The lowest BCUT2D eigenvalue weighted by molar-refractivity contribution is 0.272. The second kappa shape index (κ2) is 10.7. The average Bonchev–Trinajstić information content (AvgIpc) is 3.42. The molecular weight excluding hydrogens is 454 g/mol. The van der Waals surface area contributed by atoms with Crippen LogP contribution in [0.25, 0.3) is 17.1 Å². The number of nitrogens with one attached hydrogen (secondary N) is 1. The predicted molar refractivity (Wildman–Crippen MR) is 144 cm³/mol. The monoisotopic (exact) mass is 489 g/mol. The highest BCUT2D eigenvalue weighted by molar-refractivity contribution is 5.83. The highest BCUT2D eigenvalue weighted by atomic mass is 16.5. The average molecular weight is 490 g/mol. The fourth-order valence-corrected chi connectivity index (χ4v) is 5.15. The third kappa shape index (κ3) is 4.93. The number of nitrogens with zero attached hydrogens (tertiary/aromatic N) is 6. The number of rotatable bonds is 7. The molecule has 1 aliphatic heterocycles. The van der Waals surface area contributed by atoms with Crippen LogP contribution >= 0.6 is 0 Å². The van der Waals surface area contributed by atoms with Gasteiger partial charge in [0.25, 0.3) is 5.56 Å². The van der Waals surface area contributed by atoms with E-state index < -0.39 is 0 Å². The summed E-state index contributed by atoms with van der Waals surface area (Å²) >= 11 is 0. The topological polar surface area (TPSA) is 88.4 Å². The fourth-order valence-electron chi connectivity index (χ4n) is 5.15. The van der Waals surface area contributed by atoms with Crippen LogP contribution in [-0.4, -0.2) is 64.3 Å². The Bertz CT molecular complexity index is 1290. The number of ether oxygens (including phenoxy) is 1. The maximum absolute atomic E-state index is 13.6. The molecule has 2 aliphatic rings. The van der Waals surface area contributed by atoms with E-state index >= 15 is 0 Å². The molecule has 9 nitrogen and oxygen atoms in total. The second-order valence-corrected chi connectivity index (χ2v) is 9.66. The normalized spacial score (nSPS) is 17.4. The van der Waals surface area contributed by atoms with Crippen LogP contribution in [0.3, 0.4) is 0 Å². The molecule has 5 rings (SSSR count). The van der Waals surface area contributed by atoms with Crippen molar-refractivity contribution in [2.24, 2.45) is 0 Å². The first-order valence-corrected chi connectivity index (χ1v) is 12.9. The summed E-state index contributed by atoms with van der Waals surface area (Å²) in [7, 11) is 2.15. The molecule has 1 N–H and O–H groups in total. The molecule has 0 atom stereocenters. The van der Waals surface area contributed by atoms with Crippen LogP contribution in [0.4, 0.5) is 17.5 Å². The number of fused-ring (bicyclic) bond motifs is 1. The maximum atomic E-state index is 13.6. The number of aromatic nitrogens is 4. The van der Waals surface area contributed by atoms with Gasteiger partial charge in [-0.1, -0.05) is 12.8 Å². The molecule has 0 aromatic carbocycles. The minimum atomic E-state index is -0.0258. The summed E-state index contributed by atoms with van der Waals surface area (Å²) in [5.41, 5.74) is 3.26. The largest absolute Gasteiger partial charge is 0.501 e. The number of hydrogen-bond donors (Lipinski definition) is 1. The molecule has 3 aromatic rings. The smallest absolute Gasteiger partial charge is 0.260 e. The van der Waals surface area contributed by atoms with E-state index in [1.807, 2.05) is 36.9 Å². The number of anilines is 3. The Morgan fingerprint density at radius 1 is 1.11 bits per heavy atom. The number of aryl methyl sites for hydroxylation is 1. The number of piperazine rings is 1. The van der Waals surface area contributed by atoms with Gasteiger partial charge >= 0.3 is 0 Å². The van der Waals surface area contributed by atoms with Gasteiger partial charge in [-0.2, -0.15) is 4.98 Å². The summed E-state index contributed by atoms with van der Waals surface area (Å²) in [6, 6.07) is 4.18. The lowest BCUT2D eigenvalue weighted by atomic mass is 10.1. The van der Waals surface area contributed by atoms with Crippen molar-refractivity contribution < 1.29 is 4.74 Å². The van der Waals surface area contributed by atoms with E-state index in [0.29, 0.717) is 29.6 Å². The third-order valence-corrected chi connectivity index (χ3v) is 7.30. The van der Waals surface area contributed by atoms with Crippen LogP contribution in [0.2, 0.25) is 0 Å². The van der Waals surface area contributed by atoms with Crippen LogP contribution in [-0.2, 0) is 4.74 Å². The number of hydrogen-bond acceptors (Lipinski definition) is 8. The van der Waals surface area contributed by atoms with Crippen LogP contribution in [0.1, 0.15) is 49.8 Å². The van der Waals surface area contributed by atoms with Crippen molar-refractivity contribution in [3.05, 3.63) is 52.3 Å². The summed E-state index contributed by atoms with van der Waals surface area (Å²) in [6.45, 7) is 8.53. The molecule has 1 saturated heterocycles. The van der Waals surface area contributed by atoms with E-state index in [1.165, 1.54) is 0 Å². The Morgan fingerprint density at radius 2 is 1.89 bits per heavy atom. The van der Waals surface area contributed by atoms with Crippen LogP contribution in [0.5, 0.6) is 0 Å². The molecule has 0 radical (unpaired) electrons. The SMILES string of the molecule is CCOC=Cc1c(C)c2cnc(Nc3ccc(N4CCN(C)CC4)cn3)nc2n(C2CCCC2)c1=O. The Balaban J connectivity index is 1.46. The van der Waals surface area contributed by atoms with Gasteiger partial charge in [0.1, 0.15) is 11.5 Å². The molecular formula is C27H35N7O2. The first kappa shape index (κ1) is 24.2. The Hall–Kier alpha value is -3.46. The molecule has 0 spiro atoms. The van der Waals surface area contributed by atoms with E-state index in [-0.39, 0.29) is 11.6 Å². The standard InChI is InChI=1S/C27H35N7O2/c1-4-36-16-11-22-19(2)23-18-29-27(31-25(23)34(26(22)35)20-7-5-6-8-20)30-24-10-9-21(17-28-24)33-14-12-32(3)13-15-33/h9-11,16-18,20H,4-8,12-15H2,1-3H3,(H,28,29,30,31). The lowest BCUT2D eigenvalue weighted by Gasteiger charge is -2.33. The van der Waals surface area contributed by atoms with E-state index in [2.05, 4.69) is 38.2 Å². The fraction of sp³-hybridized carbons (Fsp3) is 0.481. The molecule has 4 heterocycles. The third-order valence-electron chi connectivity index (χ3n) is 7.30. The van der Waals surface area contributed by atoms with Gasteiger partial charge in [0, 0.05) is 49.4 Å². The molecule has 190 valence electrons. The van der Waals surface area contributed by atoms with Crippen molar-refractivity contribution >= 4 is 34.6 Å². The predicted octanol–water partition coefficient (Wildman–Crippen LogP) is 4.11. The zero-order chi connectivity index (χ0) is 25.1. The molecule has 2 fully saturated rings. The van der Waals surface area contributed by atoms with Gasteiger partial charge in [0.2, 0.25) is 5.95 Å². The van der Waals surface area contributed by atoms with Crippen molar-refractivity contribution in [3.63, 3.8) is 0 Å². The minimum Gasteiger partial charge on any atom is -0.501 e. The molecule has 9 heteroatoms. The summed E-state index contributed by atoms with van der Waals surface area (Å²) in [6.07, 6.45) is 11.3. The van der Waals surface area contributed by atoms with E-state index in [9.17, 15) is 4.79 Å². The zero-order valence-corrected chi connectivity index (χ0v) is 21.4. The van der Waals surface area contributed by atoms with E-state index in [1.54, 1.807) is 12.3 Å². The van der Waals surface area contributed by atoms with Gasteiger partial charge in [0.15, 0.2) is 0 Å². The van der Waals surface area contributed by atoms with Crippen molar-refractivity contribution in [2.45, 2.75) is 45.6 Å². The van der Waals surface area contributed by atoms with Gasteiger partial charge in [-0.25, -0.2) is 9.97 Å². The van der Waals surface area contributed by atoms with E-state index in [4.69, 9.17) is 9.72 Å². The van der Waals surface area contributed by atoms with Gasteiger partial charge in [0.05, 0.1) is 24.8 Å². The van der Waals surface area contributed by atoms with Crippen molar-refractivity contribution in [1.82, 2.24) is 24.4 Å². The first-order valence-electron chi connectivity index (χ1n) is 12.9. The lowest BCUT2D eigenvalue weighted by Crippen LogP contribution is -2.44. The number of pyridine rings is 2. The highest BCUT2D eigenvalue weighted by Crippen LogP contribution is 2.32. The Labute approximate surface area is 211 Å². The first-order chi connectivity index (χ1) is 17.5. The van der Waals surface area contributed by atoms with Crippen molar-refractivity contribution in [1.29, 1.82) is 0 Å². The molecule has 1 saturated carbocycles. The van der Waals surface area contributed by atoms with E-state index in [0.717, 1.165) is 68.5 Å². The highest BCUT2D eigenvalue weighted by Gasteiger charge is 2.24. The molecule has 0 bridgehead atoms. The van der Waals surface area contributed by atoms with Crippen molar-refractivity contribution in [2.75, 3.05) is 50.1 Å². The van der Waals surface area contributed by atoms with Gasteiger partial charge in [-0.3, -0.25) is 9.36 Å². The molecule has 3 aromatic heterocycles. The summed E-state index contributed by atoms with van der Waals surface area (Å²) in [4.78, 5) is 32.3. The quantitative estimate of drug-likeness (QED) is 0.496. The van der Waals surface area contributed by atoms with Crippen molar-refractivity contribution in [3.8, 4) is 0 Å². The Morgan fingerprint density at radius 3 is 2.58 bits per heavy atom. The molecule has 1 aliphatic carbocycles. The van der Waals surface area contributed by atoms with Gasteiger partial charge < -0.3 is 19.9 Å². The minimum absolute atomic E-state index is 0.0258. The summed E-state index contributed by atoms with van der Waals surface area (Å²) < 4.78 is 7.25.